The summed E-state index contributed by atoms with van der Waals surface area (Å²) in [5.41, 5.74) is 1.38. The zero-order chi connectivity index (χ0) is 23.9. The van der Waals surface area contributed by atoms with E-state index in [1.807, 2.05) is 4.57 Å². The number of thioether (sulfide) groups is 1. The minimum atomic E-state index is -3.60. The zero-order valence-corrected chi connectivity index (χ0v) is 21.0. The van der Waals surface area contributed by atoms with Crippen LogP contribution in [0, 0.1) is 0 Å². The Morgan fingerprint density at radius 3 is 2.47 bits per heavy atom. The number of carbonyl (C=O) groups is 2. The average molecular weight is 484 g/mol. The molecule has 0 aliphatic carbocycles. The van der Waals surface area contributed by atoms with E-state index in [4.69, 9.17) is 0 Å². The first-order valence-corrected chi connectivity index (χ1v) is 13.3. The predicted octanol–water partition coefficient (Wildman–Crippen LogP) is 3.19. The second kappa shape index (κ2) is 11.7. The molecule has 32 heavy (non-hydrogen) atoms. The summed E-state index contributed by atoms with van der Waals surface area (Å²) in [5, 5.41) is 4.91. The third-order valence-electron chi connectivity index (χ3n) is 4.99. The molecule has 11 heteroatoms. The summed E-state index contributed by atoms with van der Waals surface area (Å²) >= 11 is 1.24. The summed E-state index contributed by atoms with van der Waals surface area (Å²) in [7, 11) is -3.60. The lowest BCUT2D eigenvalue weighted by Gasteiger charge is -2.18. The number of benzene rings is 1. The topological polar surface area (TPSA) is 113 Å². The Bertz CT molecular complexity index is 1050. The highest BCUT2D eigenvalue weighted by Crippen LogP contribution is 2.30. The molecule has 0 bridgehead atoms. The summed E-state index contributed by atoms with van der Waals surface area (Å²) in [6, 6.07) is 4.45. The number of rotatable bonds is 11. The number of unbranched alkanes of at least 4 members (excludes halogenated alkanes) is 1. The first kappa shape index (κ1) is 26.1. The molecule has 1 aromatic heterocycles. The molecule has 0 saturated carbocycles. The van der Waals surface area contributed by atoms with E-state index in [0.717, 1.165) is 18.4 Å². The molecule has 9 nitrogen and oxygen atoms in total. The van der Waals surface area contributed by atoms with E-state index in [-0.39, 0.29) is 4.90 Å². The molecule has 0 aliphatic heterocycles. The number of hydrogen-bond acceptors (Lipinski definition) is 6. The normalized spacial score (nSPS) is 12.8. The standard InChI is InChI=1S/C21H33N5O4S2/c1-6-10-13-26-18-12-11-16(32(29,30)25(8-3)9-4)14-17(18)23-21(26)31-15(5)19(27)24-20(28)22-7-2/h11-12,14-15H,6-10,13H2,1-5H3,(H2,22,24,27,28). The summed E-state index contributed by atoms with van der Waals surface area (Å²) in [5.74, 6) is -0.417. The van der Waals surface area contributed by atoms with Crippen LogP contribution in [0.1, 0.15) is 47.5 Å². The minimum absolute atomic E-state index is 0.201. The first-order chi connectivity index (χ1) is 15.2. The number of imide groups is 1. The summed E-state index contributed by atoms with van der Waals surface area (Å²) in [6.07, 6.45) is 1.89. The van der Waals surface area contributed by atoms with Crippen LogP contribution in [-0.4, -0.2) is 59.1 Å². The number of carbonyl (C=O) groups excluding carboxylic acids is 2. The van der Waals surface area contributed by atoms with Crippen molar-refractivity contribution in [1.82, 2.24) is 24.5 Å². The maximum absolute atomic E-state index is 12.9. The van der Waals surface area contributed by atoms with Crippen molar-refractivity contribution in [3.8, 4) is 0 Å². The second-order valence-electron chi connectivity index (χ2n) is 7.25. The molecule has 2 rings (SSSR count). The molecule has 0 saturated heterocycles. The molecule has 178 valence electrons. The quantitative estimate of drug-likeness (QED) is 0.475. The van der Waals surface area contributed by atoms with Crippen molar-refractivity contribution >= 4 is 44.8 Å². The Balaban J connectivity index is 2.40. The molecule has 2 aromatic rings. The lowest BCUT2D eigenvalue weighted by molar-refractivity contribution is -0.119. The van der Waals surface area contributed by atoms with Gasteiger partial charge in [0.2, 0.25) is 15.9 Å². The van der Waals surface area contributed by atoms with Crippen LogP contribution in [0.5, 0.6) is 0 Å². The molecule has 1 aromatic carbocycles. The number of amides is 3. The van der Waals surface area contributed by atoms with Gasteiger partial charge in [-0.1, -0.05) is 39.0 Å². The second-order valence-corrected chi connectivity index (χ2v) is 10.5. The van der Waals surface area contributed by atoms with Gasteiger partial charge in [0.25, 0.3) is 0 Å². The third kappa shape index (κ3) is 6.02. The Morgan fingerprint density at radius 2 is 1.88 bits per heavy atom. The number of nitrogens with one attached hydrogen (secondary N) is 2. The summed E-state index contributed by atoms with van der Waals surface area (Å²) in [4.78, 5) is 28.9. The van der Waals surface area contributed by atoms with Gasteiger partial charge in [-0.25, -0.2) is 18.2 Å². The number of hydrogen-bond donors (Lipinski definition) is 2. The van der Waals surface area contributed by atoms with Gasteiger partial charge in [0.05, 0.1) is 21.2 Å². The van der Waals surface area contributed by atoms with Crippen molar-refractivity contribution in [2.45, 2.75) is 69.3 Å². The largest absolute Gasteiger partial charge is 0.338 e. The van der Waals surface area contributed by atoms with Gasteiger partial charge >= 0.3 is 6.03 Å². The van der Waals surface area contributed by atoms with Gasteiger partial charge in [0, 0.05) is 26.2 Å². The Hall–Kier alpha value is -2.11. The number of sulfonamides is 1. The number of aryl methyl sites for hydroxylation is 1. The average Bonchev–Trinajstić information content (AvgIpc) is 3.08. The smallest absolute Gasteiger partial charge is 0.321 e. The van der Waals surface area contributed by atoms with Crippen molar-refractivity contribution in [3.63, 3.8) is 0 Å². The van der Waals surface area contributed by atoms with Crippen LogP contribution in [0.25, 0.3) is 11.0 Å². The summed E-state index contributed by atoms with van der Waals surface area (Å²) in [6.45, 7) is 11.1. The molecule has 1 unspecified atom stereocenters. The number of urea groups is 1. The highest BCUT2D eigenvalue weighted by Gasteiger charge is 2.24. The lowest BCUT2D eigenvalue weighted by Crippen LogP contribution is -2.42. The Labute approximate surface area is 194 Å². The molecular weight excluding hydrogens is 450 g/mol. The molecule has 1 heterocycles. The first-order valence-electron chi connectivity index (χ1n) is 10.9. The number of aromatic nitrogens is 2. The molecule has 3 amide bonds. The Morgan fingerprint density at radius 1 is 1.19 bits per heavy atom. The van der Waals surface area contributed by atoms with E-state index in [9.17, 15) is 18.0 Å². The van der Waals surface area contributed by atoms with E-state index in [1.165, 1.54) is 16.1 Å². The molecule has 0 aliphatic rings. The lowest BCUT2D eigenvalue weighted by atomic mass is 10.3. The van der Waals surface area contributed by atoms with Gasteiger partial charge < -0.3 is 9.88 Å². The summed E-state index contributed by atoms with van der Waals surface area (Å²) < 4.78 is 29.3. The molecule has 0 spiro atoms. The van der Waals surface area contributed by atoms with Crippen molar-refractivity contribution in [2.24, 2.45) is 0 Å². The van der Waals surface area contributed by atoms with Gasteiger partial charge in [0.1, 0.15) is 0 Å². The van der Waals surface area contributed by atoms with E-state index >= 15 is 0 Å². The van der Waals surface area contributed by atoms with E-state index < -0.39 is 27.2 Å². The maximum atomic E-state index is 12.9. The number of imidazole rings is 1. The molecule has 1 atom stereocenters. The fourth-order valence-corrected chi connectivity index (χ4v) is 5.64. The predicted molar refractivity (Wildman–Crippen MR) is 127 cm³/mol. The fraction of sp³-hybridized carbons (Fsp3) is 0.571. The van der Waals surface area contributed by atoms with Crippen molar-refractivity contribution in [1.29, 1.82) is 0 Å². The van der Waals surface area contributed by atoms with Gasteiger partial charge in [-0.2, -0.15) is 4.31 Å². The van der Waals surface area contributed by atoms with Crippen LogP contribution < -0.4 is 10.6 Å². The molecule has 2 N–H and O–H groups in total. The van der Waals surface area contributed by atoms with Gasteiger partial charge in [-0.15, -0.1) is 0 Å². The molecular formula is C21H33N5O4S2. The van der Waals surface area contributed by atoms with E-state index in [2.05, 4.69) is 22.5 Å². The SMILES string of the molecule is CCCCn1c(SC(C)C(=O)NC(=O)NCC)nc2cc(S(=O)(=O)N(CC)CC)ccc21. The zero-order valence-electron chi connectivity index (χ0n) is 19.3. The fourth-order valence-electron chi connectivity index (χ4n) is 3.21. The van der Waals surface area contributed by atoms with Gasteiger partial charge in [-0.3, -0.25) is 10.1 Å². The molecule has 0 fully saturated rings. The minimum Gasteiger partial charge on any atom is -0.338 e. The van der Waals surface area contributed by atoms with Crippen molar-refractivity contribution < 1.29 is 18.0 Å². The van der Waals surface area contributed by atoms with Crippen LogP contribution in [0.4, 0.5) is 4.79 Å². The third-order valence-corrected chi connectivity index (χ3v) is 8.12. The highest BCUT2D eigenvalue weighted by molar-refractivity contribution is 8.00. The van der Waals surface area contributed by atoms with E-state index in [1.54, 1.807) is 45.9 Å². The monoisotopic (exact) mass is 483 g/mol. The van der Waals surface area contributed by atoms with Crippen LogP contribution in [0.2, 0.25) is 0 Å². The van der Waals surface area contributed by atoms with Gasteiger partial charge in [-0.05, 0) is 38.5 Å². The highest BCUT2D eigenvalue weighted by atomic mass is 32.2. The van der Waals surface area contributed by atoms with Crippen molar-refractivity contribution in [2.75, 3.05) is 19.6 Å². The Kier molecular flexibility index (Phi) is 9.53. The van der Waals surface area contributed by atoms with Crippen LogP contribution in [-0.2, 0) is 21.4 Å². The van der Waals surface area contributed by atoms with E-state index in [0.29, 0.717) is 36.9 Å². The number of fused-ring (bicyclic) bond motifs is 1. The maximum Gasteiger partial charge on any atom is 0.321 e. The van der Waals surface area contributed by atoms with Crippen LogP contribution >= 0.6 is 11.8 Å². The van der Waals surface area contributed by atoms with Crippen LogP contribution in [0.15, 0.2) is 28.3 Å². The van der Waals surface area contributed by atoms with Crippen LogP contribution in [0.3, 0.4) is 0 Å². The van der Waals surface area contributed by atoms with Gasteiger partial charge in [0.15, 0.2) is 5.16 Å². The van der Waals surface area contributed by atoms with Crippen molar-refractivity contribution in [3.05, 3.63) is 18.2 Å². The molecule has 0 radical (unpaired) electrons. The number of nitrogens with zero attached hydrogens (tertiary/aromatic N) is 3.